The predicted molar refractivity (Wildman–Crippen MR) is 74.8 cm³/mol. The van der Waals surface area contributed by atoms with Gasteiger partial charge in [-0.3, -0.25) is 0 Å². The zero-order chi connectivity index (χ0) is 13.0. The number of ether oxygens (including phenoxy) is 1. The van der Waals surface area contributed by atoms with E-state index >= 15 is 0 Å². The molecule has 2 rings (SSSR count). The second-order valence-electron chi connectivity index (χ2n) is 4.57. The van der Waals surface area contributed by atoms with Crippen LogP contribution in [0.2, 0.25) is 0 Å². The Balaban J connectivity index is 2.09. The van der Waals surface area contributed by atoms with Gasteiger partial charge in [-0.1, -0.05) is 42.0 Å². The second-order valence-corrected chi connectivity index (χ2v) is 4.57. The van der Waals surface area contributed by atoms with Gasteiger partial charge in [-0.15, -0.1) is 0 Å². The maximum atomic E-state index is 6.23. The van der Waals surface area contributed by atoms with Crippen LogP contribution in [-0.2, 0) is 6.42 Å². The summed E-state index contributed by atoms with van der Waals surface area (Å²) in [5.74, 6) is 0.863. The molecule has 0 saturated carbocycles. The van der Waals surface area contributed by atoms with E-state index in [2.05, 4.69) is 31.2 Å². The highest BCUT2D eigenvalue weighted by molar-refractivity contribution is 5.31. The molecule has 1 unspecified atom stereocenters. The van der Waals surface area contributed by atoms with Gasteiger partial charge in [0.25, 0.3) is 0 Å². The van der Waals surface area contributed by atoms with E-state index in [1.165, 1.54) is 11.1 Å². The van der Waals surface area contributed by atoms with Gasteiger partial charge >= 0.3 is 0 Å². The van der Waals surface area contributed by atoms with Gasteiger partial charge in [-0.25, -0.2) is 0 Å². The number of benzene rings is 2. The molecule has 2 N–H and O–H groups in total. The third-order valence-corrected chi connectivity index (χ3v) is 3.08. The Hall–Kier alpha value is -1.80. The minimum Gasteiger partial charge on any atom is -0.497 e. The van der Waals surface area contributed by atoms with Crippen LogP contribution in [-0.4, -0.2) is 7.11 Å². The van der Waals surface area contributed by atoms with Crippen LogP contribution in [0.4, 0.5) is 0 Å². The molecule has 0 spiro atoms. The summed E-state index contributed by atoms with van der Waals surface area (Å²) in [6, 6.07) is 16.5. The number of rotatable bonds is 4. The third-order valence-electron chi connectivity index (χ3n) is 3.08. The molecule has 0 aromatic heterocycles. The fourth-order valence-electron chi connectivity index (χ4n) is 2.06. The Morgan fingerprint density at radius 2 is 1.83 bits per heavy atom. The minimum absolute atomic E-state index is 0.0257. The van der Waals surface area contributed by atoms with Crippen molar-refractivity contribution in [1.29, 1.82) is 0 Å². The first-order chi connectivity index (χ1) is 8.69. The average molecular weight is 241 g/mol. The van der Waals surface area contributed by atoms with Crippen LogP contribution >= 0.6 is 0 Å². The fourth-order valence-corrected chi connectivity index (χ4v) is 2.06. The highest BCUT2D eigenvalue weighted by atomic mass is 16.5. The molecule has 2 aromatic carbocycles. The molecule has 0 saturated heterocycles. The summed E-state index contributed by atoms with van der Waals surface area (Å²) in [6.07, 6.45) is 0.855. The molecule has 2 aromatic rings. The number of hydrogen-bond donors (Lipinski definition) is 1. The summed E-state index contributed by atoms with van der Waals surface area (Å²) >= 11 is 0. The lowest BCUT2D eigenvalue weighted by Crippen LogP contribution is -2.13. The van der Waals surface area contributed by atoms with E-state index in [0.717, 1.165) is 17.7 Å². The molecule has 0 aliphatic rings. The van der Waals surface area contributed by atoms with Gasteiger partial charge in [0.05, 0.1) is 7.11 Å². The van der Waals surface area contributed by atoms with Gasteiger partial charge in [0, 0.05) is 6.04 Å². The zero-order valence-corrected chi connectivity index (χ0v) is 10.9. The Bertz CT molecular complexity index is 505. The second kappa shape index (κ2) is 5.69. The Morgan fingerprint density at radius 3 is 2.44 bits per heavy atom. The Morgan fingerprint density at radius 1 is 1.11 bits per heavy atom. The molecule has 0 fully saturated rings. The van der Waals surface area contributed by atoms with E-state index in [1.807, 2.05) is 24.3 Å². The van der Waals surface area contributed by atoms with Crippen molar-refractivity contribution in [2.75, 3.05) is 7.11 Å². The van der Waals surface area contributed by atoms with Gasteiger partial charge in [0.2, 0.25) is 0 Å². The van der Waals surface area contributed by atoms with E-state index in [0.29, 0.717) is 0 Å². The van der Waals surface area contributed by atoms with Crippen LogP contribution in [0, 0.1) is 6.92 Å². The number of nitrogens with two attached hydrogens (primary N) is 1. The Labute approximate surface area is 108 Å². The average Bonchev–Trinajstić information content (AvgIpc) is 2.39. The summed E-state index contributed by atoms with van der Waals surface area (Å²) in [5.41, 5.74) is 9.91. The van der Waals surface area contributed by atoms with Crippen molar-refractivity contribution in [3.63, 3.8) is 0 Å². The molecule has 18 heavy (non-hydrogen) atoms. The topological polar surface area (TPSA) is 35.2 Å². The lowest BCUT2D eigenvalue weighted by atomic mass is 9.99. The van der Waals surface area contributed by atoms with Gasteiger partial charge in [0.15, 0.2) is 0 Å². The SMILES string of the molecule is COc1ccc(C(N)Cc2cccc(C)c2)cc1. The molecule has 0 radical (unpaired) electrons. The summed E-state index contributed by atoms with van der Waals surface area (Å²) in [5, 5.41) is 0. The van der Waals surface area contributed by atoms with Gasteiger partial charge in [-0.05, 0) is 36.6 Å². The minimum atomic E-state index is 0.0257. The lowest BCUT2D eigenvalue weighted by molar-refractivity contribution is 0.414. The molecule has 0 heterocycles. The van der Waals surface area contributed by atoms with Crippen molar-refractivity contribution < 1.29 is 4.74 Å². The maximum Gasteiger partial charge on any atom is 0.118 e. The van der Waals surface area contributed by atoms with Gasteiger partial charge in [0.1, 0.15) is 5.75 Å². The van der Waals surface area contributed by atoms with E-state index < -0.39 is 0 Å². The zero-order valence-electron chi connectivity index (χ0n) is 10.9. The van der Waals surface area contributed by atoms with Crippen molar-refractivity contribution in [3.05, 3.63) is 65.2 Å². The van der Waals surface area contributed by atoms with Crippen LogP contribution in [0.3, 0.4) is 0 Å². The molecular formula is C16H19NO. The molecule has 1 atom stereocenters. The predicted octanol–water partition coefficient (Wildman–Crippen LogP) is 3.25. The lowest BCUT2D eigenvalue weighted by Gasteiger charge is -2.13. The van der Waals surface area contributed by atoms with E-state index in [9.17, 15) is 0 Å². The standard InChI is InChI=1S/C16H19NO/c1-12-4-3-5-13(10-12)11-16(17)14-6-8-15(18-2)9-7-14/h3-10,16H,11,17H2,1-2H3. The van der Waals surface area contributed by atoms with Crippen molar-refractivity contribution >= 4 is 0 Å². The molecule has 2 heteroatoms. The summed E-state index contributed by atoms with van der Waals surface area (Å²) < 4.78 is 5.14. The van der Waals surface area contributed by atoms with Gasteiger partial charge in [-0.2, -0.15) is 0 Å². The van der Waals surface area contributed by atoms with Crippen molar-refractivity contribution in [1.82, 2.24) is 0 Å². The molecule has 0 aliphatic heterocycles. The largest absolute Gasteiger partial charge is 0.497 e. The first-order valence-corrected chi connectivity index (χ1v) is 6.14. The Kier molecular flexibility index (Phi) is 4.00. The smallest absolute Gasteiger partial charge is 0.118 e. The number of methoxy groups -OCH3 is 1. The molecule has 0 aliphatic carbocycles. The fraction of sp³-hybridized carbons (Fsp3) is 0.250. The highest BCUT2D eigenvalue weighted by Crippen LogP contribution is 2.19. The van der Waals surface area contributed by atoms with Crippen LogP contribution in [0.1, 0.15) is 22.7 Å². The number of aryl methyl sites for hydroxylation is 1. The first kappa shape index (κ1) is 12.7. The van der Waals surface area contributed by atoms with Crippen LogP contribution in [0.15, 0.2) is 48.5 Å². The van der Waals surface area contributed by atoms with Crippen molar-refractivity contribution in [2.45, 2.75) is 19.4 Å². The van der Waals surface area contributed by atoms with Crippen LogP contribution < -0.4 is 10.5 Å². The van der Waals surface area contributed by atoms with Crippen LogP contribution in [0.5, 0.6) is 5.75 Å². The van der Waals surface area contributed by atoms with Crippen LogP contribution in [0.25, 0.3) is 0 Å². The summed E-state index contributed by atoms with van der Waals surface area (Å²) in [6.45, 7) is 2.10. The first-order valence-electron chi connectivity index (χ1n) is 6.14. The quantitative estimate of drug-likeness (QED) is 0.891. The summed E-state index contributed by atoms with van der Waals surface area (Å²) in [4.78, 5) is 0. The monoisotopic (exact) mass is 241 g/mol. The number of hydrogen-bond acceptors (Lipinski definition) is 2. The molecule has 0 bridgehead atoms. The summed E-state index contributed by atoms with van der Waals surface area (Å²) in [7, 11) is 1.67. The molecule has 0 amide bonds. The molecular weight excluding hydrogens is 222 g/mol. The van der Waals surface area contributed by atoms with Crippen molar-refractivity contribution in [2.24, 2.45) is 5.73 Å². The van der Waals surface area contributed by atoms with E-state index in [1.54, 1.807) is 7.11 Å². The van der Waals surface area contributed by atoms with E-state index in [-0.39, 0.29) is 6.04 Å². The maximum absolute atomic E-state index is 6.23. The van der Waals surface area contributed by atoms with E-state index in [4.69, 9.17) is 10.5 Å². The highest BCUT2D eigenvalue weighted by Gasteiger charge is 2.07. The van der Waals surface area contributed by atoms with Crippen molar-refractivity contribution in [3.8, 4) is 5.75 Å². The van der Waals surface area contributed by atoms with Gasteiger partial charge < -0.3 is 10.5 Å². The molecule has 2 nitrogen and oxygen atoms in total. The molecule has 94 valence electrons. The normalized spacial score (nSPS) is 12.2. The third kappa shape index (κ3) is 3.11.